The molecule has 1 amide bonds. The first-order valence-corrected chi connectivity index (χ1v) is 10.7. The van der Waals surface area contributed by atoms with Crippen molar-refractivity contribution in [2.75, 3.05) is 7.11 Å². The average molecular weight is 409 g/mol. The van der Waals surface area contributed by atoms with E-state index in [4.69, 9.17) is 4.74 Å². The third-order valence-corrected chi connectivity index (χ3v) is 6.10. The summed E-state index contributed by atoms with van der Waals surface area (Å²) < 4.78 is 7.53. The van der Waals surface area contributed by atoms with E-state index in [1.165, 1.54) is 11.8 Å². The van der Waals surface area contributed by atoms with Crippen molar-refractivity contribution < 1.29 is 9.53 Å². The van der Waals surface area contributed by atoms with E-state index in [0.717, 1.165) is 35.5 Å². The van der Waals surface area contributed by atoms with Crippen molar-refractivity contribution in [1.82, 2.24) is 20.1 Å². The molecule has 29 heavy (non-hydrogen) atoms. The number of methoxy groups -OCH3 is 1. The average Bonchev–Trinajstić information content (AvgIpc) is 3.48. The fourth-order valence-corrected chi connectivity index (χ4v) is 4.31. The minimum atomic E-state index is -0.378. The molecule has 7 heteroatoms. The molecule has 2 aromatic carbocycles. The van der Waals surface area contributed by atoms with Gasteiger partial charge in [-0.1, -0.05) is 54.2 Å². The van der Waals surface area contributed by atoms with Crippen LogP contribution in [0.1, 0.15) is 30.6 Å². The molecule has 1 heterocycles. The molecule has 1 saturated carbocycles. The lowest BCUT2D eigenvalue weighted by Gasteiger charge is -2.17. The van der Waals surface area contributed by atoms with Crippen molar-refractivity contribution in [3.8, 4) is 17.1 Å². The molecule has 1 aromatic heterocycles. The zero-order chi connectivity index (χ0) is 20.2. The number of ether oxygens (including phenoxy) is 1. The van der Waals surface area contributed by atoms with E-state index in [2.05, 4.69) is 15.5 Å². The summed E-state index contributed by atoms with van der Waals surface area (Å²) in [6, 6.07) is 17.9. The van der Waals surface area contributed by atoms with E-state index in [1.54, 1.807) is 7.11 Å². The molecule has 1 aliphatic rings. The summed E-state index contributed by atoms with van der Waals surface area (Å²) in [7, 11) is 1.65. The number of thioether (sulfide) groups is 1. The highest BCUT2D eigenvalue weighted by Gasteiger charge is 2.30. The number of carbonyl (C=O) groups excluding carboxylic acids is 1. The summed E-state index contributed by atoms with van der Waals surface area (Å²) >= 11 is 1.44. The number of hydrogen-bond acceptors (Lipinski definition) is 5. The molecule has 1 N–H and O–H groups in total. The first-order chi connectivity index (χ1) is 14.2. The van der Waals surface area contributed by atoms with Gasteiger partial charge in [-0.15, -0.1) is 10.2 Å². The fourth-order valence-electron chi connectivity index (χ4n) is 3.20. The van der Waals surface area contributed by atoms with Crippen LogP contribution in [-0.2, 0) is 11.3 Å². The third-order valence-electron chi connectivity index (χ3n) is 4.87. The molecule has 4 rings (SSSR count). The Balaban J connectivity index is 1.67. The second kappa shape index (κ2) is 8.69. The summed E-state index contributed by atoms with van der Waals surface area (Å²) in [5.41, 5.74) is 1.84. The van der Waals surface area contributed by atoms with Crippen molar-refractivity contribution in [1.29, 1.82) is 0 Å². The van der Waals surface area contributed by atoms with Crippen LogP contribution >= 0.6 is 11.8 Å². The number of nitrogens with zero attached hydrogens (tertiary/aromatic N) is 3. The fraction of sp³-hybridized carbons (Fsp3) is 0.318. The molecule has 6 nitrogen and oxygen atoms in total. The van der Waals surface area contributed by atoms with Gasteiger partial charge in [0.2, 0.25) is 5.91 Å². The molecular formula is C22H24N4O2S. The molecule has 0 spiro atoms. The predicted octanol–water partition coefficient (Wildman–Crippen LogP) is 4.09. The van der Waals surface area contributed by atoms with Crippen molar-refractivity contribution >= 4 is 17.7 Å². The van der Waals surface area contributed by atoms with Crippen LogP contribution in [-0.4, -0.2) is 33.8 Å². The molecule has 3 aromatic rings. The molecular weight excluding hydrogens is 384 g/mol. The highest BCUT2D eigenvalue weighted by Crippen LogP contribution is 2.38. The molecule has 0 radical (unpaired) electrons. The van der Waals surface area contributed by atoms with Crippen molar-refractivity contribution in [2.45, 2.75) is 42.8 Å². The van der Waals surface area contributed by atoms with Crippen LogP contribution in [0.3, 0.4) is 0 Å². The quantitative estimate of drug-likeness (QED) is 0.569. The molecule has 1 atom stereocenters. The van der Waals surface area contributed by atoms with Gasteiger partial charge in [-0.05, 0) is 37.5 Å². The normalized spacial score (nSPS) is 14.4. The minimum Gasteiger partial charge on any atom is -0.496 e. The van der Waals surface area contributed by atoms with Crippen molar-refractivity contribution in [3.63, 3.8) is 0 Å². The number of aromatic nitrogens is 3. The van der Waals surface area contributed by atoms with Crippen molar-refractivity contribution in [2.24, 2.45) is 0 Å². The number of hydrogen-bond donors (Lipinski definition) is 1. The SMILES string of the molecule is CCn1c(SC(C(=O)NC2CC2)c2ccccc2)nnc1-c1ccccc1OC. The summed E-state index contributed by atoms with van der Waals surface area (Å²) in [6.07, 6.45) is 2.11. The second-order valence-electron chi connectivity index (χ2n) is 6.94. The Kier molecular flexibility index (Phi) is 5.85. The Morgan fingerprint density at radius 1 is 1.17 bits per heavy atom. The predicted molar refractivity (Wildman–Crippen MR) is 114 cm³/mol. The Morgan fingerprint density at radius 2 is 1.90 bits per heavy atom. The Labute approximate surface area is 174 Å². The van der Waals surface area contributed by atoms with Crippen LogP contribution < -0.4 is 10.1 Å². The highest BCUT2D eigenvalue weighted by molar-refractivity contribution is 8.00. The van der Waals surface area contributed by atoms with E-state index in [9.17, 15) is 4.79 Å². The van der Waals surface area contributed by atoms with Crippen LogP contribution in [0.2, 0.25) is 0 Å². The van der Waals surface area contributed by atoms with E-state index in [1.807, 2.05) is 66.1 Å². The third kappa shape index (κ3) is 4.29. The summed E-state index contributed by atoms with van der Waals surface area (Å²) in [5, 5.41) is 12.3. The van der Waals surface area contributed by atoms with Gasteiger partial charge in [0.1, 0.15) is 11.0 Å². The lowest BCUT2D eigenvalue weighted by atomic mass is 10.1. The molecule has 150 valence electrons. The van der Waals surface area contributed by atoms with Gasteiger partial charge in [0.15, 0.2) is 11.0 Å². The maximum Gasteiger partial charge on any atom is 0.238 e. The Hall–Kier alpha value is -2.80. The van der Waals surface area contributed by atoms with Crippen LogP contribution in [0.5, 0.6) is 5.75 Å². The number of para-hydroxylation sites is 1. The molecule has 1 unspecified atom stereocenters. The molecule has 1 fully saturated rings. The smallest absolute Gasteiger partial charge is 0.238 e. The zero-order valence-electron chi connectivity index (χ0n) is 16.5. The lowest BCUT2D eigenvalue weighted by Crippen LogP contribution is -2.30. The molecule has 1 aliphatic carbocycles. The van der Waals surface area contributed by atoms with Gasteiger partial charge in [-0.3, -0.25) is 4.79 Å². The number of nitrogens with one attached hydrogen (secondary N) is 1. The van der Waals surface area contributed by atoms with E-state index >= 15 is 0 Å². The van der Waals surface area contributed by atoms with E-state index in [0.29, 0.717) is 17.7 Å². The Morgan fingerprint density at radius 3 is 2.59 bits per heavy atom. The van der Waals surface area contributed by atoms with E-state index < -0.39 is 0 Å². The van der Waals surface area contributed by atoms with Crippen LogP contribution in [0, 0.1) is 0 Å². The topological polar surface area (TPSA) is 69.0 Å². The number of carbonyl (C=O) groups is 1. The lowest BCUT2D eigenvalue weighted by molar-refractivity contribution is -0.120. The summed E-state index contributed by atoms with van der Waals surface area (Å²) in [4.78, 5) is 13.0. The van der Waals surface area contributed by atoms with Gasteiger partial charge in [-0.2, -0.15) is 0 Å². The van der Waals surface area contributed by atoms with Gasteiger partial charge >= 0.3 is 0 Å². The summed E-state index contributed by atoms with van der Waals surface area (Å²) in [6.45, 7) is 2.74. The summed E-state index contributed by atoms with van der Waals surface area (Å²) in [5.74, 6) is 1.51. The molecule has 0 saturated heterocycles. The zero-order valence-corrected chi connectivity index (χ0v) is 17.4. The maximum absolute atomic E-state index is 13.0. The standard InChI is InChI=1S/C22H24N4O2S/c1-3-26-20(17-11-7-8-12-18(17)28-2)24-25-22(26)29-19(15-9-5-4-6-10-15)21(27)23-16-13-14-16/h4-12,16,19H,3,13-14H2,1-2H3,(H,23,27). The first-order valence-electron chi connectivity index (χ1n) is 9.79. The van der Waals surface area contributed by atoms with Crippen LogP contribution in [0.15, 0.2) is 59.8 Å². The van der Waals surface area contributed by atoms with Gasteiger partial charge in [0, 0.05) is 12.6 Å². The van der Waals surface area contributed by atoms with Gasteiger partial charge in [-0.25, -0.2) is 0 Å². The highest BCUT2D eigenvalue weighted by atomic mass is 32.2. The van der Waals surface area contributed by atoms with Gasteiger partial charge < -0.3 is 14.6 Å². The monoisotopic (exact) mass is 408 g/mol. The molecule has 0 aliphatic heterocycles. The molecule has 0 bridgehead atoms. The van der Waals surface area contributed by atoms with Gasteiger partial charge in [0.25, 0.3) is 0 Å². The number of amides is 1. The minimum absolute atomic E-state index is 0.0215. The number of benzene rings is 2. The van der Waals surface area contributed by atoms with Crippen LogP contribution in [0.4, 0.5) is 0 Å². The van der Waals surface area contributed by atoms with Crippen molar-refractivity contribution in [3.05, 3.63) is 60.2 Å². The Bertz CT molecular complexity index is 985. The maximum atomic E-state index is 13.0. The second-order valence-corrected chi connectivity index (χ2v) is 8.01. The van der Waals surface area contributed by atoms with Gasteiger partial charge in [0.05, 0.1) is 12.7 Å². The van der Waals surface area contributed by atoms with Crippen LogP contribution in [0.25, 0.3) is 11.4 Å². The van der Waals surface area contributed by atoms with E-state index in [-0.39, 0.29) is 11.2 Å². The largest absolute Gasteiger partial charge is 0.496 e. The number of rotatable bonds is 8. The first kappa shape index (κ1) is 19.5.